The summed E-state index contributed by atoms with van der Waals surface area (Å²) in [6.07, 6.45) is 7.59. The van der Waals surface area contributed by atoms with Crippen molar-refractivity contribution in [2.45, 2.75) is 39.3 Å². The Labute approximate surface area is 171 Å². The molecule has 0 aliphatic carbocycles. The van der Waals surface area contributed by atoms with Gasteiger partial charge in [-0.05, 0) is 24.3 Å². The summed E-state index contributed by atoms with van der Waals surface area (Å²) in [5, 5.41) is 12.8. The number of hydrogen-bond donors (Lipinski definition) is 1. The summed E-state index contributed by atoms with van der Waals surface area (Å²) < 4.78 is 3.77. The molecule has 3 aromatic heterocycles. The summed E-state index contributed by atoms with van der Waals surface area (Å²) in [4.78, 5) is 4.49. The van der Waals surface area contributed by atoms with Crippen molar-refractivity contribution in [3.63, 3.8) is 0 Å². The van der Waals surface area contributed by atoms with Gasteiger partial charge in [0, 0.05) is 54.4 Å². The molecule has 0 bridgehead atoms. The molecule has 0 fully saturated rings. The van der Waals surface area contributed by atoms with Crippen LogP contribution >= 0.6 is 0 Å². The molecule has 148 valence electrons. The molecule has 0 spiro atoms. The first-order valence-corrected chi connectivity index (χ1v) is 9.81. The first-order chi connectivity index (χ1) is 14.0. The van der Waals surface area contributed by atoms with E-state index in [1.165, 1.54) is 5.56 Å². The van der Waals surface area contributed by atoms with Crippen LogP contribution in [0.1, 0.15) is 37.6 Å². The number of nitrogens with one attached hydrogen (secondary N) is 1. The lowest BCUT2D eigenvalue weighted by atomic mass is 9.89. The molecule has 0 amide bonds. The van der Waals surface area contributed by atoms with Gasteiger partial charge in [0.05, 0.1) is 11.4 Å². The Hall–Kier alpha value is -3.25. The molecule has 4 rings (SSSR count). The Morgan fingerprint density at radius 3 is 2.38 bits per heavy atom. The molecule has 0 saturated carbocycles. The van der Waals surface area contributed by atoms with E-state index in [1.807, 2.05) is 41.2 Å². The van der Waals surface area contributed by atoms with Crippen LogP contribution in [0.15, 0.2) is 73.3 Å². The lowest BCUT2D eigenvalue weighted by molar-refractivity contribution is 0.548. The van der Waals surface area contributed by atoms with E-state index in [2.05, 4.69) is 60.6 Å². The SMILES string of the molecule is CC(C)(C)c1nn(-c2ccccc2)cc1CNCc1cccnc1-n1cccn1. The average molecular weight is 387 g/mol. The maximum atomic E-state index is 4.89. The summed E-state index contributed by atoms with van der Waals surface area (Å²) in [5.41, 5.74) is 4.44. The van der Waals surface area contributed by atoms with E-state index in [1.54, 1.807) is 17.1 Å². The summed E-state index contributed by atoms with van der Waals surface area (Å²) in [7, 11) is 0. The van der Waals surface area contributed by atoms with Gasteiger partial charge in [-0.3, -0.25) is 0 Å². The van der Waals surface area contributed by atoms with Gasteiger partial charge in [-0.15, -0.1) is 0 Å². The van der Waals surface area contributed by atoms with Crippen molar-refractivity contribution in [3.05, 3.63) is 90.1 Å². The fourth-order valence-electron chi connectivity index (χ4n) is 3.38. The molecule has 1 aromatic carbocycles. The summed E-state index contributed by atoms with van der Waals surface area (Å²) in [5.74, 6) is 0.848. The summed E-state index contributed by atoms with van der Waals surface area (Å²) >= 11 is 0. The number of pyridine rings is 1. The second kappa shape index (κ2) is 8.01. The normalized spacial score (nSPS) is 11.7. The molecule has 0 radical (unpaired) electrons. The number of nitrogens with zero attached hydrogens (tertiary/aromatic N) is 5. The predicted molar refractivity (Wildman–Crippen MR) is 114 cm³/mol. The van der Waals surface area contributed by atoms with Gasteiger partial charge in [0.2, 0.25) is 0 Å². The molecular formula is C23H26N6. The van der Waals surface area contributed by atoms with Crippen LogP contribution in [0, 0.1) is 0 Å². The molecule has 0 unspecified atom stereocenters. The van der Waals surface area contributed by atoms with Crippen LogP contribution in [0.4, 0.5) is 0 Å². The van der Waals surface area contributed by atoms with Crippen molar-refractivity contribution in [2.24, 2.45) is 0 Å². The smallest absolute Gasteiger partial charge is 0.157 e. The molecule has 6 heteroatoms. The molecule has 0 atom stereocenters. The Morgan fingerprint density at radius 1 is 0.862 bits per heavy atom. The lowest BCUT2D eigenvalue weighted by Crippen LogP contribution is -2.19. The third-order valence-electron chi connectivity index (χ3n) is 4.74. The first-order valence-electron chi connectivity index (χ1n) is 9.81. The molecule has 0 saturated heterocycles. The van der Waals surface area contributed by atoms with Crippen molar-refractivity contribution in [2.75, 3.05) is 0 Å². The molecule has 1 N–H and O–H groups in total. The summed E-state index contributed by atoms with van der Waals surface area (Å²) in [6, 6.07) is 16.2. The van der Waals surface area contributed by atoms with E-state index >= 15 is 0 Å². The minimum atomic E-state index is -0.0361. The molecule has 4 aromatic rings. The minimum Gasteiger partial charge on any atom is -0.308 e. The monoisotopic (exact) mass is 386 g/mol. The maximum Gasteiger partial charge on any atom is 0.157 e. The van der Waals surface area contributed by atoms with Gasteiger partial charge in [0.15, 0.2) is 5.82 Å². The van der Waals surface area contributed by atoms with Crippen molar-refractivity contribution >= 4 is 0 Å². The van der Waals surface area contributed by atoms with Crippen molar-refractivity contribution < 1.29 is 0 Å². The van der Waals surface area contributed by atoms with Crippen LogP contribution in [0.25, 0.3) is 11.5 Å². The molecule has 6 nitrogen and oxygen atoms in total. The third kappa shape index (κ3) is 4.27. The molecule has 29 heavy (non-hydrogen) atoms. The standard InChI is InChI=1S/C23H26N6/c1-23(2,3)21-19(17-29(27-21)20-10-5-4-6-11-20)16-24-15-18-9-7-12-25-22(18)28-14-8-13-26-28/h4-14,17,24H,15-16H2,1-3H3. The Bertz CT molecular complexity index is 1060. The predicted octanol–water partition coefficient (Wildman–Crippen LogP) is 4.04. The van der Waals surface area contributed by atoms with Gasteiger partial charge in [0.1, 0.15) is 0 Å². The highest BCUT2D eigenvalue weighted by molar-refractivity contribution is 5.35. The number of para-hydroxylation sites is 1. The van der Waals surface area contributed by atoms with E-state index < -0.39 is 0 Å². The highest BCUT2D eigenvalue weighted by atomic mass is 15.3. The van der Waals surface area contributed by atoms with Gasteiger partial charge in [-0.25, -0.2) is 14.3 Å². The fraction of sp³-hybridized carbons (Fsp3) is 0.261. The summed E-state index contributed by atoms with van der Waals surface area (Å²) in [6.45, 7) is 8.03. The Kier molecular flexibility index (Phi) is 5.27. The van der Waals surface area contributed by atoms with Crippen LogP contribution in [0.5, 0.6) is 0 Å². The topological polar surface area (TPSA) is 60.6 Å². The first kappa shape index (κ1) is 19.1. The van der Waals surface area contributed by atoms with Gasteiger partial charge in [0.25, 0.3) is 0 Å². The maximum absolute atomic E-state index is 4.89. The van der Waals surface area contributed by atoms with Crippen LogP contribution in [0.2, 0.25) is 0 Å². The van der Waals surface area contributed by atoms with Crippen molar-refractivity contribution in [1.82, 2.24) is 29.9 Å². The van der Waals surface area contributed by atoms with Crippen molar-refractivity contribution in [1.29, 1.82) is 0 Å². The van der Waals surface area contributed by atoms with Gasteiger partial charge in [-0.1, -0.05) is 45.0 Å². The molecular weight excluding hydrogens is 360 g/mol. The van der Waals surface area contributed by atoms with Crippen LogP contribution in [0.3, 0.4) is 0 Å². The fourth-order valence-corrected chi connectivity index (χ4v) is 3.38. The van der Waals surface area contributed by atoms with E-state index in [9.17, 15) is 0 Å². The third-order valence-corrected chi connectivity index (χ3v) is 4.74. The lowest BCUT2D eigenvalue weighted by Gasteiger charge is -2.18. The zero-order chi connectivity index (χ0) is 20.3. The van der Waals surface area contributed by atoms with Crippen LogP contribution in [-0.4, -0.2) is 24.5 Å². The van der Waals surface area contributed by atoms with E-state index in [0.717, 1.165) is 29.3 Å². The average Bonchev–Trinajstić information content (AvgIpc) is 3.39. The van der Waals surface area contributed by atoms with Crippen LogP contribution < -0.4 is 5.32 Å². The zero-order valence-electron chi connectivity index (χ0n) is 17.1. The number of benzene rings is 1. The Balaban J connectivity index is 1.54. The van der Waals surface area contributed by atoms with E-state index in [-0.39, 0.29) is 5.41 Å². The molecule has 0 aliphatic heterocycles. The Morgan fingerprint density at radius 2 is 1.66 bits per heavy atom. The van der Waals surface area contributed by atoms with Gasteiger partial charge < -0.3 is 5.32 Å². The van der Waals surface area contributed by atoms with Gasteiger partial charge in [-0.2, -0.15) is 10.2 Å². The molecule has 0 aliphatic rings. The van der Waals surface area contributed by atoms with Crippen molar-refractivity contribution in [3.8, 4) is 11.5 Å². The second-order valence-corrected chi connectivity index (χ2v) is 8.07. The highest BCUT2D eigenvalue weighted by Gasteiger charge is 2.22. The zero-order valence-corrected chi connectivity index (χ0v) is 17.1. The highest BCUT2D eigenvalue weighted by Crippen LogP contribution is 2.25. The number of rotatable bonds is 6. The largest absolute Gasteiger partial charge is 0.308 e. The molecule has 3 heterocycles. The minimum absolute atomic E-state index is 0.0361. The number of aromatic nitrogens is 5. The van der Waals surface area contributed by atoms with E-state index in [4.69, 9.17) is 5.10 Å². The van der Waals surface area contributed by atoms with E-state index in [0.29, 0.717) is 6.54 Å². The second-order valence-electron chi connectivity index (χ2n) is 8.07. The van der Waals surface area contributed by atoms with Crippen LogP contribution in [-0.2, 0) is 18.5 Å². The number of hydrogen-bond acceptors (Lipinski definition) is 4. The quantitative estimate of drug-likeness (QED) is 0.543. The van der Waals surface area contributed by atoms with Gasteiger partial charge >= 0.3 is 0 Å².